The zero-order valence-electron chi connectivity index (χ0n) is 11.1. The van der Waals surface area contributed by atoms with E-state index in [9.17, 15) is 9.90 Å². The summed E-state index contributed by atoms with van der Waals surface area (Å²) in [5.41, 5.74) is 7.44. The van der Waals surface area contributed by atoms with E-state index in [2.05, 4.69) is 5.32 Å². The van der Waals surface area contributed by atoms with Crippen LogP contribution in [-0.4, -0.2) is 18.1 Å². The Kier molecular flexibility index (Phi) is 4.10. The summed E-state index contributed by atoms with van der Waals surface area (Å²) in [4.78, 5) is 12.0. The number of nitrogens with two attached hydrogens (primary N) is 1. The Hall–Kier alpha value is -2.69. The van der Waals surface area contributed by atoms with Crippen molar-refractivity contribution in [2.75, 3.05) is 12.8 Å². The first-order chi connectivity index (χ1) is 9.61. The number of methoxy groups -OCH3 is 1. The number of ether oxygens (including phenoxy) is 1. The number of amides is 1. The van der Waals surface area contributed by atoms with Gasteiger partial charge in [0.2, 0.25) is 0 Å². The standard InChI is InChI=1S/C15H16N2O3/c1-20-11-6-7-12(14(18)8-11)15(19)17-9-10-4-2-3-5-13(10)16/h2-8,18H,9,16H2,1H3,(H,17,19). The molecular formula is C15H16N2O3. The van der Waals surface area contributed by atoms with E-state index in [0.717, 1.165) is 5.56 Å². The fourth-order valence-electron chi connectivity index (χ4n) is 1.80. The molecule has 0 aliphatic heterocycles. The quantitative estimate of drug-likeness (QED) is 0.742. The molecule has 20 heavy (non-hydrogen) atoms. The first-order valence-corrected chi connectivity index (χ1v) is 6.10. The molecule has 0 fully saturated rings. The second kappa shape index (κ2) is 5.97. The van der Waals surface area contributed by atoms with Crippen molar-refractivity contribution in [1.29, 1.82) is 0 Å². The normalized spacial score (nSPS) is 10.1. The Morgan fingerprint density at radius 1 is 1.30 bits per heavy atom. The number of benzene rings is 2. The maximum Gasteiger partial charge on any atom is 0.255 e. The Morgan fingerprint density at radius 3 is 2.70 bits per heavy atom. The number of carbonyl (C=O) groups excluding carboxylic acids is 1. The van der Waals surface area contributed by atoms with Gasteiger partial charge in [0, 0.05) is 18.3 Å². The molecule has 0 saturated carbocycles. The number of aromatic hydroxyl groups is 1. The van der Waals surface area contributed by atoms with Crippen molar-refractivity contribution in [2.45, 2.75) is 6.54 Å². The molecule has 1 amide bonds. The predicted octanol–water partition coefficient (Wildman–Crippen LogP) is 1.91. The number of anilines is 1. The lowest BCUT2D eigenvalue weighted by molar-refractivity contribution is 0.0948. The van der Waals surface area contributed by atoms with Crippen LogP contribution < -0.4 is 15.8 Å². The lowest BCUT2D eigenvalue weighted by Crippen LogP contribution is -2.23. The number of para-hydroxylation sites is 1. The first-order valence-electron chi connectivity index (χ1n) is 6.10. The highest BCUT2D eigenvalue weighted by atomic mass is 16.5. The third kappa shape index (κ3) is 3.00. The Morgan fingerprint density at radius 2 is 2.05 bits per heavy atom. The van der Waals surface area contributed by atoms with Crippen LogP contribution in [0.25, 0.3) is 0 Å². The third-order valence-corrected chi connectivity index (χ3v) is 2.94. The van der Waals surface area contributed by atoms with Crippen molar-refractivity contribution in [2.24, 2.45) is 0 Å². The van der Waals surface area contributed by atoms with Crippen LogP contribution in [0.2, 0.25) is 0 Å². The third-order valence-electron chi connectivity index (χ3n) is 2.94. The average molecular weight is 272 g/mol. The van der Waals surface area contributed by atoms with E-state index in [1.54, 1.807) is 12.1 Å². The van der Waals surface area contributed by atoms with Gasteiger partial charge in [0.25, 0.3) is 5.91 Å². The molecule has 0 atom stereocenters. The minimum atomic E-state index is -0.367. The monoisotopic (exact) mass is 272 g/mol. The second-order valence-corrected chi connectivity index (χ2v) is 4.26. The van der Waals surface area contributed by atoms with Crippen LogP contribution >= 0.6 is 0 Å². The summed E-state index contributed by atoms with van der Waals surface area (Å²) in [6.45, 7) is 0.303. The molecule has 2 aromatic rings. The van der Waals surface area contributed by atoms with E-state index in [0.29, 0.717) is 18.0 Å². The maximum absolute atomic E-state index is 12.0. The summed E-state index contributed by atoms with van der Waals surface area (Å²) in [5, 5.41) is 12.5. The lowest BCUT2D eigenvalue weighted by Gasteiger charge is -2.09. The van der Waals surface area contributed by atoms with Crippen molar-refractivity contribution in [3.05, 3.63) is 53.6 Å². The maximum atomic E-state index is 12.0. The second-order valence-electron chi connectivity index (χ2n) is 4.26. The number of nitrogen functional groups attached to an aromatic ring is 1. The zero-order chi connectivity index (χ0) is 14.5. The topological polar surface area (TPSA) is 84.6 Å². The number of nitrogens with one attached hydrogen (secondary N) is 1. The van der Waals surface area contributed by atoms with Gasteiger partial charge in [-0.05, 0) is 23.8 Å². The minimum absolute atomic E-state index is 0.122. The Labute approximate surface area is 117 Å². The molecular weight excluding hydrogens is 256 g/mol. The minimum Gasteiger partial charge on any atom is -0.507 e. The van der Waals surface area contributed by atoms with Crippen LogP contribution in [0.3, 0.4) is 0 Å². The highest BCUT2D eigenvalue weighted by Gasteiger charge is 2.12. The molecule has 0 unspecified atom stereocenters. The van der Waals surface area contributed by atoms with E-state index in [-0.39, 0.29) is 17.2 Å². The van der Waals surface area contributed by atoms with Crippen molar-refractivity contribution in [3.8, 4) is 11.5 Å². The van der Waals surface area contributed by atoms with Crippen molar-refractivity contribution in [3.63, 3.8) is 0 Å². The fourth-order valence-corrected chi connectivity index (χ4v) is 1.80. The largest absolute Gasteiger partial charge is 0.507 e. The summed E-state index contributed by atoms with van der Waals surface area (Å²) >= 11 is 0. The molecule has 0 spiro atoms. The highest BCUT2D eigenvalue weighted by Crippen LogP contribution is 2.23. The first kappa shape index (κ1) is 13.7. The number of carbonyl (C=O) groups is 1. The Balaban J connectivity index is 2.07. The molecule has 104 valence electrons. The predicted molar refractivity (Wildman–Crippen MR) is 76.7 cm³/mol. The van der Waals surface area contributed by atoms with Gasteiger partial charge in [-0.3, -0.25) is 4.79 Å². The molecule has 5 heteroatoms. The SMILES string of the molecule is COc1ccc(C(=O)NCc2ccccc2N)c(O)c1. The molecule has 2 aromatic carbocycles. The van der Waals surface area contributed by atoms with Gasteiger partial charge in [-0.1, -0.05) is 18.2 Å². The average Bonchev–Trinajstić information content (AvgIpc) is 2.46. The van der Waals surface area contributed by atoms with E-state index < -0.39 is 0 Å². The molecule has 0 bridgehead atoms. The molecule has 2 rings (SSSR count). The summed E-state index contributed by atoms with van der Waals surface area (Å²) in [6.07, 6.45) is 0. The van der Waals surface area contributed by atoms with Crippen LogP contribution in [0, 0.1) is 0 Å². The molecule has 4 N–H and O–H groups in total. The van der Waals surface area contributed by atoms with Gasteiger partial charge in [-0.2, -0.15) is 0 Å². The summed E-state index contributed by atoms with van der Waals surface area (Å²) in [7, 11) is 1.49. The summed E-state index contributed by atoms with van der Waals surface area (Å²) in [5.74, 6) is 0.00245. The van der Waals surface area contributed by atoms with Crippen LogP contribution in [0.1, 0.15) is 15.9 Å². The van der Waals surface area contributed by atoms with Gasteiger partial charge in [0.15, 0.2) is 0 Å². The fraction of sp³-hybridized carbons (Fsp3) is 0.133. The molecule has 5 nitrogen and oxygen atoms in total. The van der Waals surface area contributed by atoms with Crippen LogP contribution in [0.4, 0.5) is 5.69 Å². The number of rotatable bonds is 4. The zero-order valence-corrected chi connectivity index (χ0v) is 11.1. The summed E-state index contributed by atoms with van der Waals surface area (Å²) in [6, 6.07) is 11.8. The van der Waals surface area contributed by atoms with Crippen LogP contribution in [0.5, 0.6) is 11.5 Å². The molecule has 0 saturated heterocycles. The van der Waals surface area contributed by atoms with Gasteiger partial charge < -0.3 is 20.9 Å². The lowest BCUT2D eigenvalue weighted by atomic mass is 10.1. The molecule has 0 aromatic heterocycles. The van der Waals surface area contributed by atoms with Gasteiger partial charge >= 0.3 is 0 Å². The van der Waals surface area contributed by atoms with E-state index in [4.69, 9.17) is 10.5 Å². The van der Waals surface area contributed by atoms with Gasteiger partial charge in [0.1, 0.15) is 11.5 Å². The number of hydrogen-bond donors (Lipinski definition) is 3. The van der Waals surface area contributed by atoms with Gasteiger partial charge in [0.05, 0.1) is 12.7 Å². The van der Waals surface area contributed by atoms with Gasteiger partial charge in [-0.25, -0.2) is 0 Å². The molecule has 0 heterocycles. The van der Waals surface area contributed by atoms with E-state index in [1.165, 1.54) is 19.2 Å². The number of phenolic OH excluding ortho intramolecular Hbond substituents is 1. The van der Waals surface area contributed by atoms with E-state index in [1.807, 2.05) is 18.2 Å². The van der Waals surface area contributed by atoms with Crippen molar-refractivity contribution in [1.82, 2.24) is 5.32 Å². The molecule has 0 aliphatic carbocycles. The van der Waals surface area contributed by atoms with Crippen LogP contribution in [-0.2, 0) is 6.54 Å². The number of phenols is 1. The van der Waals surface area contributed by atoms with Gasteiger partial charge in [-0.15, -0.1) is 0 Å². The van der Waals surface area contributed by atoms with Crippen molar-refractivity contribution < 1.29 is 14.6 Å². The van der Waals surface area contributed by atoms with Crippen LogP contribution in [0.15, 0.2) is 42.5 Å². The van der Waals surface area contributed by atoms with E-state index >= 15 is 0 Å². The summed E-state index contributed by atoms with van der Waals surface area (Å²) < 4.78 is 4.97. The van der Waals surface area contributed by atoms with Crippen molar-refractivity contribution >= 4 is 11.6 Å². The highest BCUT2D eigenvalue weighted by molar-refractivity contribution is 5.97. The Bertz CT molecular complexity index is 626. The molecule has 0 aliphatic rings. The number of hydrogen-bond acceptors (Lipinski definition) is 4. The smallest absolute Gasteiger partial charge is 0.255 e. The molecule has 0 radical (unpaired) electrons.